The highest BCUT2D eigenvalue weighted by Crippen LogP contribution is 2.24. The first-order valence-corrected chi connectivity index (χ1v) is 7.81. The average Bonchev–Trinajstić information content (AvgIpc) is 3.12. The number of anilines is 1. The predicted octanol–water partition coefficient (Wildman–Crippen LogP) is 2.13. The van der Waals surface area contributed by atoms with Crippen LogP contribution in [0.4, 0.5) is 5.69 Å². The van der Waals surface area contributed by atoms with Gasteiger partial charge in [0.05, 0.1) is 12.8 Å². The van der Waals surface area contributed by atoms with E-state index in [1.54, 1.807) is 23.6 Å². The highest BCUT2D eigenvalue weighted by Gasteiger charge is 2.28. The monoisotopic (exact) mass is 330 g/mol. The van der Waals surface area contributed by atoms with E-state index in [1.807, 2.05) is 12.1 Å². The van der Waals surface area contributed by atoms with Crippen molar-refractivity contribution in [1.29, 1.82) is 0 Å². The van der Waals surface area contributed by atoms with E-state index in [9.17, 15) is 14.4 Å². The maximum absolute atomic E-state index is 12.2. The molecular formula is C16H14N2O4S. The molecule has 2 aromatic rings. The van der Waals surface area contributed by atoms with Crippen LogP contribution in [0.25, 0.3) is 0 Å². The zero-order valence-corrected chi connectivity index (χ0v) is 13.2. The van der Waals surface area contributed by atoms with Crippen LogP contribution in [-0.2, 0) is 16.1 Å². The molecule has 3 rings (SSSR count). The van der Waals surface area contributed by atoms with E-state index in [2.05, 4.69) is 10.1 Å². The predicted molar refractivity (Wildman–Crippen MR) is 85.5 cm³/mol. The smallest absolute Gasteiger partial charge is 0.350 e. The molecule has 1 aromatic heterocycles. The number of benzene rings is 1. The van der Waals surface area contributed by atoms with Gasteiger partial charge < -0.3 is 15.0 Å². The molecule has 0 unspecified atom stereocenters. The summed E-state index contributed by atoms with van der Waals surface area (Å²) in [4.78, 5) is 37.8. The number of carbonyl (C=O) groups is 3. The van der Waals surface area contributed by atoms with Gasteiger partial charge in [0.15, 0.2) is 0 Å². The number of amides is 2. The lowest BCUT2D eigenvalue weighted by Crippen LogP contribution is -2.33. The van der Waals surface area contributed by atoms with Crippen LogP contribution in [0.3, 0.4) is 0 Å². The van der Waals surface area contributed by atoms with Crippen molar-refractivity contribution in [3.8, 4) is 0 Å². The first kappa shape index (κ1) is 15.2. The van der Waals surface area contributed by atoms with E-state index in [0.717, 1.165) is 5.56 Å². The highest BCUT2D eigenvalue weighted by atomic mass is 32.1. The Labute approximate surface area is 136 Å². The van der Waals surface area contributed by atoms with Crippen molar-refractivity contribution in [2.45, 2.75) is 6.54 Å². The Bertz CT molecular complexity index is 784. The van der Waals surface area contributed by atoms with Crippen LogP contribution in [-0.4, -0.2) is 36.3 Å². The fourth-order valence-electron chi connectivity index (χ4n) is 2.46. The number of hydrogen-bond donors (Lipinski definition) is 1. The molecule has 0 atom stereocenters. The highest BCUT2D eigenvalue weighted by molar-refractivity contribution is 7.12. The van der Waals surface area contributed by atoms with Gasteiger partial charge in [-0.2, -0.15) is 0 Å². The summed E-state index contributed by atoms with van der Waals surface area (Å²) in [5.74, 6) is -1.01. The van der Waals surface area contributed by atoms with Gasteiger partial charge >= 0.3 is 5.97 Å². The van der Waals surface area contributed by atoms with Gasteiger partial charge in [-0.3, -0.25) is 9.59 Å². The molecular weight excluding hydrogens is 316 g/mol. The molecule has 1 aliphatic rings. The lowest BCUT2D eigenvalue weighted by Gasteiger charge is -2.15. The minimum Gasteiger partial charge on any atom is -0.465 e. The summed E-state index contributed by atoms with van der Waals surface area (Å²) in [6.45, 7) is 0.347. The maximum atomic E-state index is 12.2. The molecule has 1 N–H and O–H groups in total. The molecule has 6 nitrogen and oxygen atoms in total. The number of ether oxygens (including phenoxy) is 1. The first-order chi connectivity index (χ1) is 11.1. The zero-order chi connectivity index (χ0) is 16.4. The Kier molecular flexibility index (Phi) is 4.12. The molecule has 0 fully saturated rings. The molecule has 0 radical (unpaired) electrons. The number of nitrogens with one attached hydrogen (secondary N) is 1. The first-order valence-electron chi connectivity index (χ1n) is 6.93. The third-order valence-electron chi connectivity index (χ3n) is 3.54. The molecule has 0 aliphatic carbocycles. The van der Waals surface area contributed by atoms with Crippen molar-refractivity contribution in [2.75, 3.05) is 19.0 Å². The van der Waals surface area contributed by atoms with Crippen molar-refractivity contribution >= 4 is 34.8 Å². The van der Waals surface area contributed by atoms with E-state index in [1.165, 1.54) is 23.3 Å². The lowest BCUT2D eigenvalue weighted by molar-refractivity contribution is -0.116. The largest absolute Gasteiger partial charge is 0.465 e. The molecule has 1 aromatic carbocycles. The molecule has 23 heavy (non-hydrogen) atoms. The van der Waals surface area contributed by atoms with Gasteiger partial charge in [-0.15, -0.1) is 11.3 Å². The number of nitrogens with zero attached hydrogens (tertiary/aromatic N) is 1. The molecule has 2 amide bonds. The van der Waals surface area contributed by atoms with Crippen molar-refractivity contribution in [3.63, 3.8) is 0 Å². The van der Waals surface area contributed by atoms with E-state index < -0.39 is 5.97 Å². The van der Waals surface area contributed by atoms with Crippen molar-refractivity contribution in [3.05, 3.63) is 51.7 Å². The Morgan fingerprint density at radius 1 is 1.30 bits per heavy atom. The average molecular weight is 330 g/mol. The summed E-state index contributed by atoms with van der Waals surface area (Å²) in [6, 6.07) is 8.93. The topological polar surface area (TPSA) is 75.7 Å². The Balaban J connectivity index is 1.67. The zero-order valence-electron chi connectivity index (χ0n) is 12.4. The molecule has 2 heterocycles. The van der Waals surface area contributed by atoms with Gasteiger partial charge in [-0.1, -0.05) is 18.2 Å². The van der Waals surface area contributed by atoms with Gasteiger partial charge in [0, 0.05) is 12.1 Å². The van der Waals surface area contributed by atoms with Gasteiger partial charge in [0.1, 0.15) is 11.4 Å². The second-order valence-corrected chi connectivity index (χ2v) is 5.94. The number of hydrogen-bond acceptors (Lipinski definition) is 5. The van der Waals surface area contributed by atoms with Gasteiger partial charge in [0.25, 0.3) is 5.91 Å². The summed E-state index contributed by atoms with van der Waals surface area (Å²) in [7, 11) is 1.29. The van der Waals surface area contributed by atoms with Crippen molar-refractivity contribution in [1.82, 2.24) is 4.90 Å². The molecule has 0 saturated heterocycles. The quantitative estimate of drug-likeness (QED) is 0.872. The standard InChI is InChI=1S/C16H14N2O4S/c1-22-16(21)14-12(6-7-23-14)17-13(19)9-18-8-10-4-2-3-5-11(10)15(18)20/h2-7H,8-9H2,1H3,(H,17,19). The molecule has 0 spiro atoms. The number of thiophene rings is 1. The van der Waals surface area contributed by atoms with Crippen LogP contribution in [0.15, 0.2) is 35.7 Å². The minimum atomic E-state index is -0.500. The maximum Gasteiger partial charge on any atom is 0.350 e. The third-order valence-corrected chi connectivity index (χ3v) is 4.44. The van der Waals surface area contributed by atoms with E-state index in [4.69, 9.17) is 0 Å². The second-order valence-electron chi connectivity index (χ2n) is 5.02. The molecule has 0 bridgehead atoms. The summed E-state index contributed by atoms with van der Waals surface area (Å²) in [5, 5.41) is 4.35. The van der Waals surface area contributed by atoms with Crippen LogP contribution >= 0.6 is 11.3 Å². The molecule has 0 saturated carbocycles. The van der Waals surface area contributed by atoms with Gasteiger partial charge in [-0.05, 0) is 23.1 Å². The van der Waals surface area contributed by atoms with Crippen LogP contribution in [0.5, 0.6) is 0 Å². The third kappa shape index (κ3) is 2.95. The van der Waals surface area contributed by atoms with Crippen molar-refractivity contribution in [2.24, 2.45) is 0 Å². The number of esters is 1. The van der Waals surface area contributed by atoms with E-state index in [0.29, 0.717) is 22.7 Å². The summed E-state index contributed by atoms with van der Waals surface area (Å²) < 4.78 is 4.67. The Morgan fingerprint density at radius 2 is 2.09 bits per heavy atom. The molecule has 1 aliphatic heterocycles. The summed E-state index contributed by atoms with van der Waals surface area (Å²) in [5.41, 5.74) is 1.94. The number of methoxy groups -OCH3 is 1. The molecule has 7 heteroatoms. The SMILES string of the molecule is COC(=O)c1sccc1NC(=O)CN1Cc2ccccc2C1=O. The van der Waals surface area contributed by atoms with Gasteiger partial charge in [-0.25, -0.2) is 4.79 Å². The Morgan fingerprint density at radius 3 is 2.83 bits per heavy atom. The normalized spacial score (nSPS) is 12.9. The van der Waals surface area contributed by atoms with E-state index >= 15 is 0 Å². The Hall–Kier alpha value is -2.67. The van der Waals surface area contributed by atoms with Crippen molar-refractivity contribution < 1.29 is 19.1 Å². The fourth-order valence-corrected chi connectivity index (χ4v) is 3.23. The summed E-state index contributed by atoms with van der Waals surface area (Å²) in [6.07, 6.45) is 0. The number of carbonyl (C=O) groups excluding carboxylic acids is 3. The van der Waals surface area contributed by atoms with Gasteiger partial charge in [0.2, 0.25) is 5.91 Å². The summed E-state index contributed by atoms with van der Waals surface area (Å²) >= 11 is 1.19. The lowest BCUT2D eigenvalue weighted by atomic mass is 10.1. The minimum absolute atomic E-state index is 0.0655. The van der Waals surface area contributed by atoms with Crippen LogP contribution < -0.4 is 5.32 Å². The molecule has 118 valence electrons. The fraction of sp³-hybridized carbons (Fsp3) is 0.188. The van der Waals surface area contributed by atoms with Crippen LogP contribution in [0.2, 0.25) is 0 Å². The second kappa shape index (κ2) is 6.21. The number of fused-ring (bicyclic) bond motifs is 1. The van der Waals surface area contributed by atoms with Crippen LogP contribution in [0, 0.1) is 0 Å². The number of rotatable bonds is 4. The van der Waals surface area contributed by atoms with E-state index in [-0.39, 0.29) is 18.4 Å². The van der Waals surface area contributed by atoms with Crippen LogP contribution in [0.1, 0.15) is 25.6 Å².